The molecule has 0 aromatic heterocycles. The Bertz CT molecular complexity index is 300. The molecule has 0 saturated carbocycles. The van der Waals surface area contributed by atoms with E-state index >= 15 is 0 Å². The third-order valence-electron chi connectivity index (χ3n) is 3.47. The fraction of sp³-hybridized carbons (Fsp3) is 0.833. The molecular weight excluding hydrogens is 218 g/mol. The second-order valence-electron chi connectivity index (χ2n) is 4.88. The molecule has 1 N–H and O–H groups in total. The van der Waals surface area contributed by atoms with Gasteiger partial charge in [0, 0.05) is 0 Å². The summed E-state index contributed by atoms with van der Waals surface area (Å²) >= 11 is 0. The number of likely N-dealkylation sites (tertiary alicyclic amines) is 1. The smallest absolute Gasteiger partial charge is 0.325 e. The lowest BCUT2D eigenvalue weighted by Gasteiger charge is -2.29. The summed E-state index contributed by atoms with van der Waals surface area (Å²) in [6.07, 6.45) is 5.24. The van der Waals surface area contributed by atoms with E-state index in [-0.39, 0.29) is 18.0 Å². The number of hydrogen-bond donors (Lipinski definition) is 1. The number of amides is 3. The fourth-order valence-electron chi connectivity index (χ4n) is 2.50. The number of rotatable bonds is 4. The van der Waals surface area contributed by atoms with Gasteiger partial charge in [-0.3, -0.25) is 9.69 Å². The number of nitrogens with one attached hydrogen (secondary N) is 1. The molecule has 2 fully saturated rings. The van der Waals surface area contributed by atoms with Gasteiger partial charge in [-0.15, -0.1) is 0 Å². The molecule has 2 rings (SSSR count). The van der Waals surface area contributed by atoms with Crippen molar-refractivity contribution in [3.63, 3.8) is 0 Å². The summed E-state index contributed by atoms with van der Waals surface area (Å²) in [4.78, 5) is 27.3. The maximum Gasteiger partial charge on any atom is 0.325 e. The van der Waals surface area contributed by atoms with Crippen LogP contribution in [0.4, 0.5) is 4.79 Å². The topological polar surface area (TPSA) is 52.7 Å². The van der Waals surface area contributed by atoms with Crippen molar-refractivity contribution < 1.29 is 9.59 Å². The third kappa shape index (κ3) is 2.77. The molecule has 0 spiro atoms. The van der Waals surface area contributed by atoms with Crippen LogP contribution < -0.4 is 5.32 Å². The molecule has 2 saturated heterocycles. The molecule has 0 unspecified atom stereocenters. The largest absolute Gasteiger partial charge is 0.326 e. The number of piperidine rings is 1. The first-order valence-electron chi connectivity index (χ1n) is 6.56. The molecule has 0 aromatic rings. The van der Waals surface area contributed by atoms with Crippen molar-refractivity contribution in [2.45, 2.75) is 45.1 Å². The second kappa shape index (κ2) is 5.49. The van der Waals surface area contributed by atoms with Crippen LogP contribution >= 0.6 is 0 Å². The lowest BCUT2D eigenvalue weighted by molar-refractivity contribution is -0.129. The van der Waals surface area contributed by atoms with Gasteiger partial charge in [-0.1, -0.05) is 19.8 Å². The fourth-order valence-corrected chi connectivity index (χ4v) is 2.50. The molecule has 0 aliphatic carbocycles. The van der Waals surface area contributed by atoms with Crippen molar-refractivity contribution in [3.05, 3.63) is 0 Å². The first kappa shape index (κ1) is 12.4. The van der Waals surface area contributed by atoms with Crippen molar-refractivity contribution in [1.82, 2.24) is 15.1 Å². The molecule has 0 radical (unpaired) electrons. The summed E-state index contributed by atoms with van der Waals surface area (Å²) in [5.41, 5.74) is 0. The van der Waals surface area contributed by atoms with E-state index in [1.807, 2.05) is 6.92 Å². The molecule has 0 aromatic carbocycles. The molecular formula is C12H21N3O2. The molecule has 2 aliphatic heterocycles. The molecule has 2 heterocycles. The minimum Gasteiger partial charge on any atom is -0.326 e. The van der Waals surface area contributed by atoms with Gasteiger partial charge in [-0.25, -0.2) is 9.69 Å². The van der Waals surface area contributed by atoms with Gasteiger partial charge < -0.3 is 5.32 Å². The van der Waals surface area contributed by atoms with Crippen LogP contribution in [0.15, 0.2) is 0 Å². The van der Waals surface area contributed by atoms with E-state index in [2.05, 4.69) is 10.2 Å². The zero-order valence-electron chi connectivity index (χ0n) is 10.4. The number of carbonyl (C=O) groups is 2. The van der Waals surface area contributed by atoms with E-state index in [1.165, 1.54) is 24.2 Å². The van der Waals surface area contributed by atoms with Gasteiger partial charge in [0.25, 0.3) is 5.91 Å². The van der Waals surface area contributed by atoms with Gasteiger partial charge in [0.2, 0.25) is 0 Å². The van der Waals surface area contributed by atoms with Crippen LogP contribution in [0.1, 0.15) is 39.0 Å². The van der Waals surface area contributed by atoms with Crippen LogP contribution in [0.25, 0.3) is 0 Å². The minimum atomic E-state index is -0.294. The maximum absolute atomic E-state index is 12.0. The summed E-state index contributed by atoms with van der Waals surface area (Å²) in [6.45, 7) is 4.47. The zero-order chi connectivity index (χ0) is 12.3. The van der Waals surface area contributed by atoms with Gasteiger partial charge in [0.05, 0.1) is 6.67 Å². The summed E-state index contributed by atoms with van der Waals surface area (Å²) in [5.74, 6) is -0.0533. The van der Waals surface area contributed by atoms with Crippen LogP contribution in [-0.2, 0) is 4.79 Å². The molecule has 0 bridgehead atoms. The summed E-state index contributed by atoms with van der Waals surface area (Å²) in [6, 6.07) is -0.517. The van der Waals surface area contributed by atoms with Crippen LogP contribution in [0, 0.1) is 0 Å². The standard InChI is InChI=1S/C12H21N3O2/c1-2-6-10-11(16)15(12(17)13-10)9-14-7-4-3-5-8-14/h10H,2-9H2,1H3,(H,13,17)/t10-/m0/s1. The molecule has 2 aliphatic rings. The highest BCUT2D eigenvalue weighted by atomic mass is 16.2. The minimum absolute atomic E-state index is 0.0533. The highest BCUT2D eigenvalue weighted by Gasteiger charge is 2.37. The van der Waals surface area contributed by atoms with Crippen LogP contribution in [0.2, 0.25) is 0 Å². The van der Waals surface area contributed by atoms with E-state index in [0.29, 0.717) is 6.67 Å². The van der Waals surface area contributed by atoms with Crippen LogP contribution in [0.5, 0.6) is 0 Å². The van der Waals surface area contributed by atoms with Crippen molar-refractivity contribution in [1.29, 1.82) is 0 Å². The maximum atomic E-state index is 12.0. The quantitative estimate of drug-likeness (QED) is 0.749. The van der Waals surface area contributed by atoms with E-state index in [9.17, 15) is 9.59 Å². The second-order valence-corrected chi connectivity index (χ2v) is 4.88. The predicted molar refractivity (Wildman–Crippen MR) is 64.4 cm³/mol. The average molecular weight is 239 g/mol. The van der Waals surface area contributed by atoms with E-state index in [0.717, 1.165) is 25.9 Å². The number of nitrogens with zero attached hydrogens (tertiary/aromatic N) is 2. The Labute approximate surface area is 102 Å². The predicted octanol–water partition coefficient (Wildman–Crippen LogP) is 1.15. The Morgan fingerprint density at radius 3 is 2.59 bits per heavy atom. The van der Waals surface area contributed by atoms with E-state index in [1.54, 1.807) is 0 Å². The van der Waals surface area contributed by atoms with Gasteiger partial charge in [-0.05, 0) is 32.4 Å². The SMILES string of the molecule is CCC[C@@H]1NC(=O)N(CN2CCCCC2)C1=O. The van der Waals surface area contributed by atoms with E-state index < -0.39 is 0 Å². The molecule has 17 heavy (non-hydrogen) atoms. The first-order chi connectivity index (χ1) is 8.22. The van der Waals surface area contributed by atoms with Crippen molar-refractivity contribution in [2.75, 3.05) is 19.8 Å². The number of carbonyl (C=O) groups excluding carboxylic acids is 2. The van der Waals surface area contributed by atoms with Gasteiger partial charge in [0.15, 0.2) is 0 Å². The Hall–Kier alpha value is -1.10. The van der Waals surface area contributed by atoms with E-state index in [4.69, 9.17) is 0 Å². The highest BCUT2D eigenvalue weighted by molar-refractivity contribution is 6.04. The summed E-state index contributed by atoms with van der Waals surface area (Å²) in [5, 5.41) is 2.76. The van der Waals surface area contributed by atoms with Crippen molar-refractivity contribution >= 4 is 11.9 Å². The number of imide groups is 1. The zero-order valence-corrected chi connectivity index (χ0v) is 10.4. The third-order valence-corrected chi connectivity index (χ3v) is 3.47. The van der Waals surface area contributed by atoms with Crippen molar-refractivity contribution in [2.24, 2.45) is 0 Å². The highest BCUT2D eigenvalue weighted by Crippen LogP contribution is 2.14. The number of urea groups is 1. The Balaban J connectivity index is 1.91. The van der Waals surface area contributed by atoms with Gasteiger partial charge in [0.1, 0.15) is 6.04 Å². The molecule has 96 valence electrons. The van der Waals surface area contributed by atoms with Crippen molar-refractivity contribution in [3.8, 4) is 0 Å². The average Bonchev–Trinajstić information content (AvgIpc) is 2.59. The van der Waals surface area contributed by atoms with Crippen LogP contribution in [0.3, 0.4) is 0 Å². The lowest BCUT2D eigenvalue weighted by atomic mass is 10.1. The monoisotopic (exact) mass is 239 g/mol. The normalized spacial score (nSPS) is 26.4. The Morgan fingerprint density at radius 1 is 1.24 bits per heavy atom. The summed E-state index contributed by atoms with van der Waals surface area (Å²) < 4.78 is 0. The van der Waals surface area contributed by atoms with Gasteiger partial charge >= 0.3 is 6.03 Å². The molecule has 1 atom stereocenters. The Morgan fingerprint density at radius 2 is 1.94 bits per heavy atom. The molecule has 5 nitrogen and oxygen atoms in total. The Kier molecular flexibility index (Phi) is 3.99. The first-order valence-corrected chi connectivity index (χ1v) is 6.56. The molecule has 5 heteroatoms. The van der Waals surface area contributed by atoms with Crippen LogP contribution in [-0.4, -0.2) is 47.5 Å². The van der Waals surface area contributed by atoms with Gasteiger partial charge in [-0.2, -0.15) is 0 Å². The summed E-state index contributed by atoms with van der Waals surface area (Å²) in [7, 11) is 0. The molecule has 3 amide bonds. The number of hydrogen-bond acceptors (Lipinski definition) is 3. The lowest BCUT2D eigenvalue weighted by Crippen LogP contribution is -2.44.